The van der Waals surface area contributed by atoms with E-state index < -0.39 is 0 Å². The molecule has 1 aromatic rings. The summed E-state index contributed by atoms with van der Waals surface area (Å²) in [5, 5.41) is 5.96. The van der Waals surface area contributed by atoms with E-state index in [9.17, 15) is 9.59 Å². The number of nitrogens with one attached hydrogen (secondary N) is 2. The van der Waals surface area contributed by atoms with Gasteiger partial charge in [-0.3, -0.25) is 19.4 Å². The van der Waals surface area contributed by atoms with Crippen molar-refractivity contribution in [2.75, 3.05) is 44.6 Å². The lowest BCUT2D eigenvalue weighted by Crippen LogP contribution is -2.73. The number of hydrogen-bond donors (Lipinski definition) is 2. The van der Waals surface area contributed by atoms with E-state index in [1.54, 1.807) is 0 Å². The molecular formula is C20H30N4O2. The van der Waals surface area contributed by atoms with E-state index in [1.165, 1.54) is 0 Å². The molecule has 0 aliphatic carbocycles. The Kier molecular flexibility index (Phi) is 5.08. The quantitative estimate of drug-likeness (QED) is 0.837. The van der Waals surface area contributed by atoms with Crippen molar-refractivity contribution in [3.05, 3.63) is 29.8 Å². The first-order valence-corrected chi connectivity index (χ1v) is 9.25. The molecule has 6 heteroatoms. The summed E-state index contributed by atoms with van der Waals surface area (Å²) >= 11 is 0. The van der Waals surface area contributed by atoms with Crippen LogP contribution in [-0.2, 0) is 9.59 Å². The van der Waals surface area contributed by atoms with Crippen LogP contribution in [0.2, 0.25) is 0 Å². The van der Waals surface area contributed by atoms with E-state index in [-0.39, 0.29) is 22.8 Å². The molecule has 1 spiro atoms. The van der Waals surface area contributed by atoms with Crippen molar-refractivity contribution >= 4 is 17.5 Å². The van der Waals surface area contributed by atoms with Crippen LogP contribution in [-0.4, -0.2) is 66.4 Å². The lowest BCUT2D eigenvalue weighted by molar-refractivity contribution is -0.141. The monoisotopic (exact) mass is 358 g/mol. The first-order valence-electron chi connectivity index (χ1n) is 9.25. The highest BCUT2D eigenvalue weighted by molar-refractivity contribution is 5.92. The molecule has 0 radical (unpaired) electrons. The Morgan fingerprint density at radius 2 is 1.62 bits per heavy atom. The average molecular weight is 358 g/mol. The Bertz CT molecular complexity index is 681. The van der Waals surface area contributed by atoms with Gasteiger partial charge in [-0.1, -0.05) is 12.1 Å². The molecule has 1 aromatic carbocycles. The van der Waals surface area contributed by atoms with Gasteiger partial charge in [0.1, 0.15) is 0 Å². The van der Waals surface area contributed by atoms with Gasteiger partial charge in [-0.25, -0.2) is 0 Å². The molecule has 6 nitrogen and oxygen atoms in total. The van der Waals surface area contributed by atoms with Crippen LogP contribution in [0.15, 0.2) is 24.3 Å². The summed E-state index contributed by atoms with van der Waals surface area (Å²) in [5.41, 5.74) is 2.09. The van der Waals surface area contributed by atoms with E-state index in [0.717, 1.165) is 37.4 Å². The van der Waals surface area contributed by atoms with Crippen LogP contribution in [0.4, 0.5) is 5.69 Å². The number of aryl methyl sites for hydroxylation is 1. The largest absolute Gasteiger partial charge is 0.350 e. The summed E-state index contributed by atoms with van der Waals surface area (Å²) in [6.07, 6.45) is 0. The van der Waals surface area contributed by atoms with Gasteiger partial charge in [0.15, 0.2) is 0 Å². The number of carbonyl (C=O) groups excluding carboxylic acids is 2. The van der Waals surface area contributed by atoms with E-state index in [1.807, 2.05) is 52.0 Å². The zero-order valence-electron chi connectivity index (χ0n) is 16.3. The van der Waals surface area contributed by atoms with Crippen molar-refractivity contribution in [3.8, 4) is 0 Å². The Balaban J connectivity index is 1.35. The topological polar surface area (TPSA) is 64.7 Å². The van der Waals surface area contributed by atoms with Crippen molar-refractivity contribution in [3.63, 3.8) is 0 Å². The van der Waals surface area contributed by atoms with Gasteiger partial charge in [0.25, 0.3) is 0 Å². The third-order valence-electron chi connectivity index (χ3n) is 4.79. The zero-order valence-corrected chi connectivity index (χ0v) is 16.3. The fourth-order valence-corrected chi connectivity index (χ4v) is 4.02. The molecule has 2 heterocycles. The predicted octanol–water partition coefficient (Wildman–Crippen LogP) is 1.47. The molecule has 26 heavy (non-hydrogen) atoms. The summed E-state index contributed by atoms with van der Waals surface area (Å²) in [4.78, 5) is 28.5. The third kappa shape index (κ3) is 4.83. The molecular weight excluding hydrogens is 328 g/mol. The Morgan fingerprint density at radius 1 is 1.04 bits per heavy atom. The molecule has 2 fully saturated rings. The number of hydrogen-bond acceptors (Lipinski definition) is 4. The Labute approximate surface area is 155 Å². The van der Waals surface area contributed by atoms with Gasteiger partial charge in [0, 0.05) is 42.8 Å². The maximum absolute atomic E-state index is 12.2. The maximum Gasteiger partial charge on any atom is 0.238 e. The number of benzene rings is 1. The lowest BCUT2D eigenvalue weighted by atomic mass is 9.73. The van der Waals surface area contributed by atoms with E-state index in [2.05, 4.69) is 20.4 Å². The van der Waals surface area contributed by atoms with Gasteiger partial charge in [-0.2, -0.15) is 0 Å². The minimum atomic E-state index is -0.183. The van der Waals surface area contributed by atoms with Crippen molar-refractivity contribution in [1.82, 2.24) is 15.1 Å². The number of rotatable bonds is 5. The molecule has 2 amide bonds. The lowest BCUT2D eigenvalue weighted by Gasteiger charge is -2.60. The van der Waals surface area contributed by atoms with Gasteiger partial charge in [-0.15, -0.1) is 0 Å². The molecule has 2 aliphatic heterocycles. The average Bonchev–Trinajstić information content (AvgIpc) is 2.40. The summed E-state index contributed by atoms with van der Waals surface area (Å²) in [5.74, 6) is 0.118. The smallest absolute Gasteiger partial charge is 0.238 e. The van der Waals surface area contributed by atoms with Crippen molar-refractivity contribution < 1.29 is 9.59 Å². The molecule has 0 saturated carbocycles. The molecule has 2 saturated heterocycles. The van der Waals surface area contributed by atoms with Crippen LogP contribution in [0.25, 0.3) is 0 Å². The van der Waals surface area contributed by atoms with Crippen LogP contribution >= 0.6 is 0 Å². The second-order valence-electron chi connectivity index (χ2n) is 9.01. The maximum atomic E-state index is 12.2. The highest BCUT2D eigenvalue weighted by Gasteiger charge is 2.51. The standard InChI is InChI=1S/C20H30N4O2/c1-15-6-5-7-16(8-15)21-17(25)9-23-11-20(12-23)13-24(14-20)10-18(26)22-19(2,3)4/h5-8H,9-14H2,1-4H3,(H,21,25)(H,22,26). The Morgan fingerprint density at radius 3 is 2.15 bits per heavy atom. The number of carbonyl (C=O) groups is 2. The first kappa shape index (κ1) is 18.9. The van der Waals surface area contributed by atoms with Crippen molar-refractivity contribution in [2.45, 2.75) is 33.2 Å². The second kappa shape index (κ2) is 7.00. The zero-order chi connectivity index (χ0) is 18.9. The third-order valence-corrected chi connectivity index (χ3v) is 4.79. The normalized spacial score (nSPS) is 19.5. The summed E-state index contributed by atoms with van der Waals surface area (Å²) in [7, 11) is 0. The van der Waals surface area contributed by atoms with Crippen molar-refractivity contribution in [1.29, 1.82) is 0 Å². The van der Waals surface area contributed by atoms with Gasteiger partial charge in [0.2, 0.25) is 11.8 Å². The minimum Gasteiger partial charge on any atom is -0.350 e. The van der Waals surface area contributed by atoms with Crippen LogP contribution < -0.4 is 10.6 Å². The number of likely N-dealkylation sites (tertiary alicyclic amines) is 2. The van der Waals surface area contributed by atoms with Gasteiger partial charge < -0.3 is 10.6 Å². The van der Waals surface area contributed by atoms with Crippen molar-refractivity contribution in [2.24, 2.45) is 5.41 Å². The highest BCUT2D eigenvalue weighted by atomic mass is 16.2. The summed E-state index contributed by atoms with van der Waals surface area (Å²) < 4.78 is 0. The first-order chi connectivity index (χ1) is 12.1. The number of amides is 2. The predicted molar refractivity (Wildman–Crippen MR) is 103 cm³/mol. The van der Waals surface area contributed by atoms with Gasteiger partial charge in [0.05, 0.1) is 13.1 Å². The molecule has 2 N–H and O–H groups in total. The van der Waals surface area contributed by atoms with Crippen LogP contribution in [0, 0.1) is 12.3 Å². The molecule has 0 aromatic heterocycles. The minimum absolute atomic E-state index is 0.0335. The molecule has 0 bridgehead atoms. The Hall–Kier alpha value is -1.92. The number of nitrogens with zero attached hydrogens (tertiary/aromatic N) is 2. The van der Waals surface area contributed by atoms with E-state index in [4.69, 9.17) is 0 Å². The molecule has 2 aliphatic rings. The molecule has 3 rings (SSSR count). The fourth-order valence-electron chi connectivity index (χ4n) is 4.02. The van der Waals surface area contributed by atoms with Crippen LogP contribution in [0.5, 0.6) is 0 Å². The van der Waals surface area contributed by atoms with E-state index in [0.29, 0.717) is 13.1 Å². The highest BCUT2D eigenvalue weighted by Crippen LogP contribution is 2.39. The second-order valence-corrected chi connectivity index (χ2v) is 9.01. The van der Waals surface area contributed by atoms with Crippen LogP contribution in [0.1, 0.15) is 26.3 Å². The number of anilines is 1. The van der Waals surface area contributed by atoms with E-state index >= 15 is 0 Å². The molecule has 142 valence electrons. The SMILES string of the molecule is Cc1cccc(NC(=O)CN2CC3(C2)CN(CC(=O)NC(C)(C)C)C3)c1. The fraction of sp³-hybridized carbons (Fsp3) is 0.600. The van der Waals surface area contributed by atoms with Gasteiger partial charge >= 0.3 is 0 Å². The summed E-state index contributed by atoms with van der Waals surface area (Å²) in [6.45, 7) is 12.7. The molecule has 0 unspecified atom stereocenters. The van der Waals surface area contributed by atoms with Gasteiger partial charge in [-0.05, 0) is 45.4 Å². The molecule has 0 atom stereocenters. The van der Waals surface area contributed by atoms with Crippen LogP contribution in [0.3, 0.4) is 0 Å². The summed E-state index contributed by atoms with van der Waals surface area (Å²) in [6, 6.07) is 7.85.